The number of rotatable bonds is 11. The Hall–Kier alpha value is -3.29. The first-order valence-electron chi connectivity index (χ1n) is 14.4. The van der Waals surface area contributed by atoms with Crippen LogP contribution < -0.4 is 4.74 Å². The van der Waals surface area contributed by atoms with Crippen LogP contribution in [0.2, 0.25) is 0 Å². The van der Waals surface area contributed by atoms with Crippen LogP contribution in [0, 0.1) is 6.92 Å². The summed E-state index contributed by atoms with van der Waals surface area (Å²) in [5.41, 5.74) is 1.66. The predicted molar refractivity (Wildman–Crippen MR) is 164 cm³/mol. The number of aryl methyl sites for hydroxylation is 1. The lowest BCUT2D eigenvalue weighted by Crippen LogP contribution is -2.48. The van der Waals surface area contributed by atoms with E-state index in [9.17, 15) is 22.8 Å². The van der Waals surface area contributed by atoms with Crippen molar-refractivity contribution in [3.05, 3.63) is 64.2 Å². The summed E-state index contributed by atoms with van der Waals surface area (Å²) in [6, 6.07) is 10.8. The Balaban J connectivity index is 1.49. The fraction of sp³-hybridized carbons (Fsp3) is 0.452. The SMILES string of the molecule is CCOC(=O)C(C)Oc1ccc(SCc2sc(-c3ccc(C(F)(F)F)cc3)nc2CN2CCN(C(=O)OCC)CC2)cc1C. The first-order chi connectivity index (χ1) is 21.0. The average Bonchev–Trinajstić information content (AvgIpc) is 3.40. The van der Waals surface area contributed by atoms with Crippen molar-refractivity contribution in [1.82, 2.24) is 14.8 Å². The maximum Gasteiger partial charge on any atom is 0.416 e. The highest BCUT2D eigenvalue weighted by Gasteiger charge is 2.30. The van der Waals surface area contributed by atoms with Gasteiger partial charge in [-0.3, -0.25) is 4.90 Å². The van der Waals surface area contributed by atoms with Gasteiger partial charge >= 0.3 is 18.2 Å². The van der Waals surface area contributed by atoms with Crippen LogP contribution in [0.25, 0.3) is 10.6 Å². The molecule has 13 heteroatoms. The van der Waals surface area contributed by atoms with Crippen LogP contribution in [0.1, 0.15) is 42.5 Å². The lowest BCUT2D eigenvalue weighted by Gasteiger charge is -2.33. The zero-order chi connectivity index (χ0) is 31.9. The van der Waals surface area contributed by atoms with Crippen LogP contribution in [0.15, 0.2) is 47.4 Å². The molecule has 1 amide bonds. The van der Waals surface area contributed by atoms with E-state index < -0.39 is 23.8 Å². The molecule has 0 bridgehead atoms. The van der Waals surface area contributed by atoms with E-state index in [-0.39, 0.29) is 12.7 Å². The molecule has 0 N–H and O–H groups in total. The van der Waals surface area contributed by atoms with Gasteiger partial charge in [0.15, 0.2) is 6.10 Å². The first-order valence-corrected chi connectivity index (χ1v) is 16.2. The number of nitrogens with zero attached hydrogens (tertiary/aromatic N) is 3. The van der Waals surface area contributed by atoms with Crippen LogP contribution in [-0.2, 0) is 32.7 Å². The number of aromatic nitrogens is 1. The highest BCUT2D eigenvalue weighted by molar-refractivity contribution is 7.98. The number of esters is 1. The molecular weight excluding hydrogens is 615 g/mol. The monoisotopic (exact) mass is 651 g/mol. The number of carbonyl (C=O) groups is 2. The van der Waals surface area contributed by atoms with Gasteiger partial charge in [0, 0.05) is 53.8 Å². The molecule has 1 aromatic heterocycles. The van der Waals surface area contributed by atoms with Crippen molar-refractivity contribution in [2.75, 3.05) is 39.4 Å². The molecule has 44 heavy (non-hydrogen) atoms. The van der Waals surface area contributed by atoms with Crippen LogP contribution in [-0.4, -0.2) is 72.3 Å². The summed E-state index contributed by atoms with van der Waals surface area (Å²) in [4.78, 5) is 34.9. The quantitative estimate of drug-likeness (QED) is 0.162. The summed E-state index contributed by atoms with van der Waals surface area (Å²) in [5.74, 6) is 0.782. The van der Waals surface area contributed by atoms with Crippen LogP contribution in [0.3, 0.4) is 0 Å². The van der Waals surface area contributed by atoms with Gasteiger partial charge in [-0.1, -0.05) is 12.1 Å². The van der Waals surface area contributed by atoms with E-state index in [1.807, 2.05) is 25.1 Å². The van der Waals surface area contributed by atoms with Gasteiger partial charge in [0.2, 0.25) is 0 Å². The van der Waals surface area contributed by atoms with Crippen molar-refractivity contribution < 1.29 is 37.0 Å². The van der Waals surface area contributed by atoms with E-state index in [0.717, 1.165) is 33.2 Å². The van der Waals surface area contributed by atoms with E-state index in [4.69, 9.17) is 19.2 Å². The Morgan fingerprint density at radius 3 is 2.32 bits per heavy atom. The Kier molecular flexibility index (Phi) is 11.6. The number of hydrogen-bond donors (Lipinski definition) is 0. The Morgan fingerprint density at radius 2 is 1.70 bits per heavy atom. The molecule has 238 valence electrons. The van der Waals surface area contributed by atoms with Crippen molar-refractivity contribution >= 4 is 35.2 Å². The molecule has 0 spiro atoms. The zero-order valence-corrected chi connectivity index (χ0v) is 26.7. The molecule has 0 radical (unpaired) electrons. The number of benzene rings is 2. The van der Waals surface area contributed by atoms with E-state index in [0.29, 0.717) is 61.4 Å². The molecule has 2 aromatic carbocycles. The maximum absolute atomic E-state index is 13.1. The zero-order valence-electron chi connectivity index (χ0n) is 25.1. The third-order valence-electron chi connectivity index (χ3n) is 6.95. The Bertz CT molecular complexity index is 1420. The van der Waals surface area contributed by atoms with E-state index in [2.05, 4.69) is 4.90 Å². The highest BCUT2D eigenvalue weighted by atomic mass is 32.2. The van der Waals surface area contributed by atoms with E-state index in [1.165, 1.54) is 23.5 Å². The lowest BCUT2D eigenvalue weighted by atomic mass is 10.1. The third kappa shape index (κ3) is 8.89. The molecule has 1 aliphatic heterocycles. The standard InChI is InChI=1S/C31H36F3N3O5S2/c1-5-40-29(38)21(4)42-26-12-11-24(17-20(26)3)43-19-27-25(18-36-13-15-37(16-14-36)30(39)41-6-2)35-28(44-27)22-7-9-23(10-8-22)31(32,33)34/h7-12,17,21H,5-6,13-16,18-19H2,1-4H3. The number of halogens is 3. The molecule has 0 saturated carbocycles. The fourth-order valence-corrected chi connectivity index (χ4v) is 6.72. The number of carbonyl (C=O) groups excluding carboxylic acids is 2. The minimum atomic E-state index is -4.41. The number of alkyl halides is 3. The number of ether oxygens (including phenoxy) is 3. The molecule has 1 atom stereocenters. The summed E-state index contributed by atoms with van der Waals surface area (Å²) < 4.78 is 55.3. The largest absolute Gasteiger partial charge is 0.479 e. The highest BCUT2D eigenvalue weighted by Crippen LogP contribution is 2.36. The molecule has 8 nitrogen and oxygen atoms in total. The molecule has 1 unspecified atom stereocenters. The number of piperazine rings is 1. The third-order valence-corrected chi connectivity index (χ3v) is 9.30. The van der Waals surface area contributed by atoms with Crippen LogP contribution in [0.5, 0.6) is 5.75 Å². The van der Waals surface area contributed by atoms with Gasteiger partial charge in [-0.25, -0.2) is 14.6 Å². The Labute approximate surface area is 263 Å². The van der Waals surface area contributed by atoms with Gasteiger partial charge in [0.05, 0.1) is 24.5 Å². The second-order valence-electron chi connectivity index (χ2n) is 10.2. The van der Waals surface area contributed by atoms with Gasteiger partial charge in [-0.15, -0.1) is 23.1 Å². The second-order valence-corrected chi connectivity index (χ2v) is 12.3. The van der Waals surface area contributed by atoms with Crippen molar-refractivity contribution in [3.8, 4) is 16.3 Å². The van der Waals surface area contributed by atoms with Crippen molar-refractivity contribution in [3.63, 3.8) is 0 Å². The predicted octanol–water partition coefficient (Wildman–Crippen LogP) is 7.03. The topological polar surface area (TPSA) is 81.2 Å². The fourth-order valence-electron chi connectivity index (χ4n) is 4.55. The second kappa shape index (κ2) is 15.1. The summed E-state index contributed by atoms with van der Waals surface area (Å²) >= 11 is 3.09. The molecule has 1 saturated heterocycles. The minimum Gasteiger partial charge on any atom is -0.479 e. The molecule has 1 fully saturated rings. The molecule has 3 aromatic rings. The normalized spacial score (nSPS) is 14.8. The summed E-state index contributed by atoms with van der Waals surface area (Å²) in [7, 11) is 0. The first kappa shape index (κ1) is 33.6. The maximum atomic E-state index is 13.1. The van der Waals surface area contributed by atoms with Crippen molar-refractivity contribution in [1.29, 1.82) is 0 Å². The van der Waals surface area contributed by atoms with Gasteiger partial charge < -0.3 is 19.1 Å². The molecule has 0 aliphatic carbocycles. The smallest absolute Gasteiger partial charge is 0.416 e. The van der Waals surface area contributed by atoms with Gasteiger partial charge in [0.25, 0.3) is 0 Å². The summed E-state index contributed by atoms with van der Waals surface area (Å²) in [6.07, 6.45) is -5.45. The number of thiazole rings is 1. The number of hydrogen-bond acceptors (Lipinski definition) is 9. The van der Waals surface area contributed by atoms with Gasteiger partial charge in [0.1, 0.15) is 10.8 Å². The minimum absolute atomic E-state index is 0.283. The molecule has 2 heterocycles. The van der Waals surface area contributed by atoms with Gasteiger partial charge in [-0.2, -0.15) is 13.2 Å². The molecular formula is C31H36F3N3O5S2. The van der Waals surface area contributed by atoms with Crippen LogP contribution in [0.4, 0.5) is 18.0 Å². The van der Waals surface area contributed by atoms with E-state index >= 15 is 0 Å². The van der Waals surface area contributed by atoms with E-state index in [1.54, 1.807) is 37.4 Å². The lowest BCUT2D eigenvalue weighted by molar-refractivity contribution is -0.150. The molecule has 4 rings (SSSR count). The van der Waals surface area contributed by atoms with Crippen LogP contribution >= 0.6 is 23.1 Å². The average molecular weight is 652 g/mol. The summed E-state index contributed by atoms with van der Waals surface area (Å²) in [5, 5.41) is 0.655. The Morgan fingerprint density at radius 1 is 1.02 bits per heavy atom. The van der Waals surface area contributed by atoms with Crippen molar-refractivity contribution in [2.24, 2.45) is 0 Å². The van der Waals surface area contributed by atoms with Crippen molar-refractivity contribution in [2.45, 2.75) is 57.2 Å². The summed E-state index contributed by atoms with van der Waals surface area (Å²) in [6.45, 7) is 10.6. The number of amides is 1. The van der Waals surface area contributed by atoms with Gasteiger partial charge in [-0.05, 0) is 63.6 Å². The molecule has 1 aliphatic rings. The number of thioether (sulfide) groups is 1.